The van der Waals surface area contributed by atoms with Gasteiger partial charge in [0.05, 0.1) is 68.5 Å². The molecule has 1 aromatic heterocycles. The molecule has 2 rings (SSSR count). The van der Waals surface area contributed by atoms with Gasteiger partial charge >= 0.3 is 11.7 Å². The Morgan fingerprint density at radius 1 is 0.800 bits per heavy atom. The van der Waals surface area contributed by atoms with Crippen LogP contribution in [0.15, 0.2) is 39.0 Å². The monoisotopic (exact) mass is 559 g/mol. The SMILES string of the molecule is CCN1C(=O)\C(=C/C=C(C)/C=C/c2c([O-])n(CC[N+](C)(C)C)c(=O)n(CC)c2=O)C(=O)N(CC[N+](C)(C)C)C1=O. The van der Waals surface area contributed by atoms with Crippen LogP contribution in [0.2, 0.25) is 0 Å². The number of rotatable bonds is 11. The second-order valence-electron chi connectivity index (χ2n) is 11.8. The topological polar surface area (TPSA) is 125 Å². The van der Waals surface area contributed by atoms with Gasteiger partial charge < -0.3 is 18.6 Å². The lowest BCUT2D eigenvalue weighted by atomic mass is 10.1. The van der Waals surface area contributed by atoms with Crippen LogP contribution in [0.4, 0.5) is 4.79 Å². The van der Waals surface area contributed by atoms with Crippen molar-refractivity contribution in [2.24, 2.45) is 0 Å². The smallest absolute Gasteiger partial charge is 0.334 e. The lowest BCUT2D eigenvalue weighted by Gasteiger charge is -2.35. The summed E-state index contributed by atoms with van der Waals surface area (Å²) in [4.78, 5) is 66.5. The summed E-state index contributed by atoms with van der Waals surface area (Å²) in [7, 11) is 11.6. The molecule has 0 aliphatic carbocycles. The van der Waals surface area contributed by atoms with E-state index in [-0.39, 0.29) is 37.3 Å². The molecule has 1 aliphatic heterocycles. The third-order valence-electron chi connectivity index (χ3n) is 6.47. The Kier molecular flexibility index (Phi) is 10.2. The van der Waals surface area contributed by atoms with Crippen LogP contribution < -0.4 is 16.4 Å². The van der Waals surface area contributed by atoms with Crippen LogP contribution in [0, 0.1) is 0 Å². The Morgan fingerprint density at radius 2 is 1.35 bits per heavy atom. The van der Waals surface area contributed by atoms with E-state index >= 15 is 0 Å². The van der Waals surface area contributed by atoms with Crippen molar-refractivity contribution in [1.82, 2.24) is 18.9 Å². The summed E-state index contributed by atoms with van der Waals surface area (Å²) in [5.41, 5.74) is -1.08. The predicted octanol–water partition coefficient (Wildman–Crippen LogP) is 0.213. The van der Waals surface area contributed by atoms with Gasteiger partial charge in [0.25, 0.3) is 17.4 Å². The number of quaternary nitrogens is 2. The van der Waals surface area contributed by atoms with Crippen LogP contribution in [0.25, 0.3) is 6.08 Å². The molecule has 1 aromatic rings. The van der Waals surface area contributed by atoms with Gasteiger partial charge in [-0.3, -0.25) is 28.8 Å². The number of carbonyl (C=O) groups excluding carboxylic acids is 3. The van der Waals surface area contributed by atoms with Gasteiger partial charge in [-0.15, -0.1) is 0 Å². The summed E-state index contributed by atoms with van der Waals surface area (Å²) in [5, 5.41) is 13.1. The standard InChI is InChI=1S/C28H43N6O6/c1-10-29-23(35)21(25(37)31(27(29)39)16-18-33(4,5)6)14-12-20(3)13-15-22-24(36)30(11-2)28(40)32(26(22)38)17-19-34(7,8)9/h12-15H,10-11,16-19H2,1-9H3/q+1. The predicted molar refractivity (Wildman–Crippen MR) is 151 cm³/mol. The molecule has 1 fully saturated rings. The Morgan fingerprint density at radius 3 is 1.88 bits per heavy atom. The molecule has 0 atom stereocenters. The van der Waals surface area contributed by atoms with Crippen LogP contribution in [-0.2, 0) is 22.7 Å². The first-order valence-electron chi connectivity index (χ1n) is 13.3. The van der Waals surface area contributed by atoms with E-state index in [9.17, 15) is 29.1 Å². The van der Waals surface area contributed by atoms with Crippen LogP contribution in [0.1, 0.15) is 26.3 Å². The van der Waals surface area contributed by atoms with Gasteiger partial charge in [-0.1, -0.05) is 17.7 Å². The molecule has 0 N–H and O–H groups in total. The molecule has 0 radical (unpaired) electrons. The largest absolute Gasteiger partial charge is 0.859 e. The summed E-state index contributed by atoms with van der Waals surface area (Å²) in [6, 6.07) is -0.640. The highest BCUT2D eigenvalue weighted by Gasteiger charge is 2.41. The summed E-state index contributed by atoms with van der Waals surface area (Å²) in [5.74, 6) is -2.01. The quantitative estimate of drug-likeness (QED) is 0.165. The van der Waals surface area contributed by atoms with E-state index in [4.69, 9.17) is 0 Å². The summed E-state index contributed by atoms with van der Waals surface area (Å²) in [6.45, 7) is 6.57. The van der Waals surface area contributed by atoms with Crippen LogP contribution >= 0.6 is 0 Å². The van der Waals surface area contributed by atoms with Crippen LogP contribution in [0.5, 0.6) is 5.88 Å². The maximum Gasteiger partial charge on any atom is 0.334 e. The summed E-state index contributed by atoms with van der Waals surface area (Å²) in [6.07, 6.45) is 5.73. The van der Waals surface area contributed by atoms with E-state index in [1.54, 1.807) is 20.8 Å². The normalized spacial score (nSPS) is 16.7. The fourth-order valence-corrected chi connectivity index (χ4v) is 3.93. The van der Waals surface area contributed by atoms with E-state index in [2.05, 4.69) is 0 Å². The number of urea groups is 1. The van der Waals surface area contributed by atoms with Crippen molar-refractivity contribution in [1.29, 1.82) is 0 Å². The molecule has 40 heavy (non-hydrogen) atoms. The van der Waals surface area contributed by atoms with Crippen molar-refractivity contribution in [2.45, 2.75) is 33.9 Å². The maximum absolute atomic E-state index is 13.1. The Hall–Kier alpha value is -3.77. The summed E-state index contributed by atoms with van der Waals surface area (Å²) >= 11 is 0. The molecule has 0 bridgehead atoms. The minimum Gasteiger partial charge on any atom is -0.859 e. The van der Waals surface area contributed by atoms with Crippen LogP contribution in [-0.4, -0.2) is 114 Å². The first-order valence-corrected chi connectivity index (χ1v) is 13.3. The molecule has 0 saturated carbocycles. The number of imide groups is 2. The highest BCUT2D eigenvalue weighted by atomic mass is 16.3. The molecule has 0 aromatic carbocycles. The lowest BCUT2D eigenvalue weighted by Crippen LogP contribution is -2.58. The van der Waals surface area contributed by atoms with Crippen molar-refractivity contribution in [3.05, 3.63) is 55.8 Å². The molecule has 4 amide bonds. The van der Waals surface area contributed by atoms with E-state index in [0.717, 1.165) is 18.9 Å². The fourth-order valence-electron chi connectivity index (χ4n) is 3.93. The van der Waals surface area contributed by atoms with Crippen molar-refractivity contribution in [2.75, 3.05) is 68.5 Å². The lowest BCUT2D eigenvalue weighted by molar-refractivity contribution is -0.871. The highest BCUT2D eigenvalue weighted by molar-refractivity contribution is 6.28. The third kappa shape index (κ3) is 7.66. The van der Waals surface area contributed by atoms with Gasteiger partial charge in [-0.25, -0.2) is 9.59 Å². The molecular weight excluding hydrogens is 516 g/mol. The average molecular weight is 560 g/mol. The molecule has 0 spiro atoms. The molecule has 12 nitrogen and oxygen atoms in total. The Balaban J connectivity index is 2.45. The number of carbonyl (C=O) groups is 3. The maximum atomic E-state index is 13.1. The molecule has 1 aliphatic rings. The van der Waals surface area contributed by atoms with Gasteiger partial charge in [0.15, 0.2) is 0 Å². The van der Waals surface area contributed by atoms with E-state index in [0.29, 0.717) is 27.6 Å². The third-order valence-corrected chi connectivity index (χ3v) is 6.47. The van der Waals surface area contributed by atoms with Crippen LogP contribution in [0.3, 0.4) is 0 Å². The zero-order valence-corrected chi connectivity index (χ0v) is 25.2. The number of amides is 4. The average Bonchev–Trinajstić information content (AvgIpc) is 2.82. The number of nitrogens with zero attached hydrogens (tertiary/aromatic N) is 6. The van der Waals surface area contributed by atoms with E-state index in [1.807, 2.05) is 42.3 Å². The highest BCUT2D eigenvalue weighted by Crippen LogP contribution is 2.19. The van der Waals surface area contributed by atoms with Gasteiger partial charge in [0.1, 0.15) is 5.57 Å². The Labute approximate surface area is 235 Å². The van der Waals surface area contributed by atoms with Crippen molar-refractivity contribution < 1.29 is 28.5 Å². The molecule has 1 saturated heterocycles. The number of allylic oxidation sites excluding steroid dienone is 4. The first-order chi connectivity index (χ1) is 18.4. The first kappa shape index (κ1) is 32.4. The van der Waals surface area contributed by atoms with Crippen molar-refractivity contribution >= 4 is 23.9 Å². The number of barbiturate groups is 1. The van der Waals surface area contributed by atoms with Gasteiger partial charge in [0, 0.05) is 18.7 Å². The minimum absolute atomic E-state index is 0.117. The van der Waals surface area contributed by atoms with Crippen molar-refractivity contribution in [3.63, 3.8) is 0 Å². The fraction of sp³-hybridized carbons (Fsp3) is 0.536. The molecule has 220 valence electrons. The number of hydrogen-bond acceptors (Lipinski definition) is 6. The van der Waals surface area contributed by atoms with E-state index < -0.39 is 35.0 Å². The second kappa shape index (κ2) is 12.6. The van der Waals surface area contributed by atoms with Crippen molar-refractivity contribution in [3.8, 4) is 5.88 Å². The summed E-state index contributed by atoms with van der Waals surface area (Å²) < 4.78 is 3.17. The van der Waals surface area contributed by atoms with Gasteiger partial charge in [-0.05, 0) is 38.8 Å². The molecular formula is C28H43N6O6+. The zero-order valence-electron chi connectivity index (χ0n) is 25.2. The second-order valence-corrected chi connectivity index (χ2v) is 11.8. The van der Waals surface area contributed by atoms with E-state index in [1.165, 1.54) is 24.3 Å². The molecule has 2 heterocycles. The Bertz CT molecular complexity index is 1370. The number of aromatic nitrogens is 2. The minimum atomic E-state index is -0.677. The zero-order chi connectivity index (χ0) is 30.6. The molecule has 0 unspecified atom stereocenters. The number of hydrogen-bond donors (Lipinski definition) is 0. The molecule has 12 heteroatoms. The van der Waals surface area contributed by atoms with Gasteiger partial charge in [0.2, 0.25) is 0 Å². The van der Waals surface area contributed by atoms with Gasteiger partial charge in [-0.2, -0.15) is 0 Å². The number of likely N-dealkylation sites (N-methyl/N-ethyl adjacent to an activating group) is 3.